The van der Waals surface area contributed by atoms with Crippen molar-refractivity contribution in [2.45, 2.75) is 19.3 Å². The van der Waals surface area contributed by atoms with Crippen molar-refractivity contribution in [1.82, 2.24) is 34.4 Å². The molecule has 0 atom stereocenters. The number of nitrogens with zero attached hydrogens (tertiary/aromatic N) is 8. The van der Waals surface area contributed by atoms with Crippen LogP contribution in [0.5, 0.6) is 0 Å². The van der Waals surface area contributed by atoms with Gasteiger partial charge in [-0.05, 0) is 31.4 Å². The van der Waals surface area contributed by atoms with Crippen LogP contribution >= 0.6 is 0 Å². The Balaban J connectivity index is 1.24. The number of benzene rings is 1. The van der Waals surface area contributed by atoms with Crippen LogP contribution in [0.25, 0.3) is 16.7 Å². The lowest BCUT2D eigenvalue weighted by Crippen LogP contribution is -2.49. The predicted octanol–water partition coefficient (Wildman–Crippen LogP) is 2.00. The highest BCUT2D eigenvalue weighted by atomic mass is 16.2. The number of hydrogen-bond donors (Lipinski definition) is 0. The lowest BCUT2D eigenvalue weighted by Gasteiger charge is -2.35. The van der Waals surface area contributed by atoms with Crippen LogP contribution in [0.2, 0.25) is 0 Å². The van der Waals surface area contributed by atoms with Gasteiger partial charge in [0.2, 0.25) is 0 Å². The molecular formula is C23H24N8O. The zero-order chi connectivity index (χ0) is 21.7. The van der Waals surface area contributed by atoms with Gasteiger partial charge in [0.15, 0.2) is 11.3 Å². The maximum atomic E-state index is 13.5. The van der Waals surface area contributed by atoms with E-state index in [4.69, 9.17) is 5.10 Å². The highest BCUT2D eigenvalue weighted by molar-refractivity contribution is 5.94. The Kier molecular flexibility index (Phi) is 4.41. The van der Waals surface area contributed by atoms with Gasteiger partial charge in [-0.3, -0.25) is 9.48 Å². The molecule has 1 aliphatic heterocycles. The molecule has 2 aliphatic rings. The fourth-order valence-corrected chi connectivity index (χ4v) is 4.86. The number of hydrogen-bond acceptors (Lipinski definition) is 6. The second-order valence-corrected chi connectivity index (χ2v) is 8.36. The van der Waals surface area contributed by atoms with Crippen molar-refractivity contribution in [3.63, 3.8) is 0 Å². The van der Waals surface area contributed by atoms with E-state index in [0.717, 1.165) is 47.4 Å². The molecule has 9 heteroatoms. The predicted molar refractivity (Wildman–Crippen MR) is 120 cm³/mol. The van der Waals surface area contributed by atoms with E-state index >= 15 is 0 Å². The summed E-state index contributed by atoms with van der Waals surface area (Å²) in [6, 6.07) is 10.1. The highest BCUT2D eigenvalue weighted by Gasteiger charge is 2.31. The summed E-state index contributed by atoms with van der Waals surface area (Å²) in [6.07, 6.45) is 6.34. The van der Waals surface area contributed by atoms with Crippen molar-refractivity contribution in [2.75, 3.05) is 31.1 Å². The molecule has 1 amide bonds. The van der Waals surface area contributed by atoms with Crippen LogP contribution in [-0.2, 0) is 19.9 Å². The minimum absolute atomic E-state index is 0.0340. The number of carbonyl (C=O) groups is 1. The molecule has 4 aromatic rings. The second kappa shape index (κ2) is 7.44. The van der Waals surface area contributed by atoms with Gasteiger partial charge in [-0.1, -0.05) is 18.2 Å². The molecule has 32 heavy (non-hydrogen) atoms. The molecule has 0 N–H and O–H groups in total. The first kappa shape index (κ1) is 19.0. The molecule has 0 bridgehead atoms. The van der Waals surface area contributed by atoms with Gasteiger partial charge in [0, 0.05) is 44.5 Å². The largest absolute Gasteiger partial charge is 0.352 e. The van der Waals surface area contributed by atoms with Gasteiger partial charge in [-0.15, -0.1) is 0 Å². The van der Waals surface area contributed by atoms with Gasteiger partial charge in [-0.2, -0.15) is 10.2 Å². The van der Waals surface area contributed by atoms with E-state index in [1.807, 2.05) is 53.2 Å². The SMILES string of the molecule is Cn1ncc2c(N3CCN(C(=O)c4nn(-c5ccccc5)c5c4CCC5)CC3)ncnc21. The lowest BCUT2D eigenvalue weighted by atomic mass is 10.1. The van der Waals surface area contributed by atoms with Crippen molar-refractivity contribution >= 4 is 22.8 Å². The standard InChI is InChI=1S/C23H24N8O/c1-28-21-18(14-26-28)22(25-15-24-21)29-10-12-30(13-11-29)23(32)20-17-8-5-9-19(17)31(27-20)16-6-3-2-4-7-16/h2-4,6-7,14-15H,5,8-13H2,1H3. The van der Waals surface area contributed by atoms with Crippen LogP contribution in [0.1, 0.15) is 28.2 Å². The zero-order valence-electron chi connectivity index (χ0n) is 18.0. The topological polar surface area (TPSA) is 85.0 Å². The van der Waals surface area contributed by atoms with Crippen LogP contribution < -0.4 is 4.90 Å². The molecule has 0 radical (unpaired) electrons. The fourth-order valence-electron chi connectivity index (χ4n) is 4.86. The van der Waals surface area contributed by atoms with Gasteiger partial charge in [0.25, 0.3) is 5.91 Å². The zero-order valence-corrected chi connectivity index (χ0v) is 18.0. The Labute approximate surface area is 185 Å². The maximum absolute atomic E-state index is 13.5. The van der Waals surface area contributed by atoms with Gasteiger partial charge in [0.1, 0.15) is 12.1 Å². The maximum Gasteiger partial charge on any atom is 0.274 e. The molecule has 3 aromatic heterocycles. The van der Waals surface area contributed by atoms with Crippen molar-refractivity contribution in [1.29, 1.82) is 0 Å². The molecule has 0 spiro atoms. The van der Waals surface area contributed by atoms with E-state index in [1.54, 1.807) is 11.0 Å². The molecule has 9 nitrogen and oxygen atoms in total. The Bertz CT molecular complexity index is 1300. The number of rotatable bonds is 3. The highest BCUT2D eigenvalue weighted by Crippen LogP contribution is 2.29. The minimum Gasteiger partial charge on any atom is -0.352 e. The molecule has 1 aliphatic carbocycles. The minimum atomic E-state index is 0.0340. The average Bonchev–Trinajstić information content (AvgIpc) is 3.55. The molecule has 0 unspecified atom stereocenters. The van der Waals surface area contributed by atoms with E-state index < -0.39 is 0 Å². The summed E-state index contributed by atoms with van der Waals surface area (Å²) < 4.78 is 3.72. The first-order valence-corrected chi connectivity index (χ1v) is 11.0. The molecule has 1 saturated heterocycles. The monoisotopic (exact) mass is 428 g/mol. The van der Waals surface area contributed by atoms with Gasteiger partial charge in [0.05, 0.1) is 17.3 Å². The van der Waals surface area contributed by atoms with Gasteiger partial charge < -0.3 is 9.80 Å². The summed E-state index contributed by atoms with van der Waals surface area (Å²) in [6.45, 7) is 2.71. The first-order valence-electron chi connectivity index (χ1n) is 11.0. The number of carbonyl (C=O) groups excluding carboxylic acids is 1. The van der Waals surface area contributed by atoms with Crippen molar-refractivity contribution in [3.05, 3.63) is 59.8 Å². The Morgan fingerprint density at radius 3 is 2.62 bits per heavy atom. The smallest absolute Gasteiger partial charge is 0.274 e. The Morgan fingerprint density at radius 1 is 1.00 bits per heavy atom. The van der Waals surface area contributed by atoms with Gasteiger partial charge >= 0.3 is 0 Å². The summed E-state index contributed by atoms with van der Waals surface area (Å²) in [4.78, 5) is 26.4. The fraction of sp³-hybridized carbons (Fsp3) is 0.348. The van der Waals surface area contributed by atoms with Crippen LogP contribution in [-0.4, -0.2) is 66.5 Å². The molecule has 1 fully saturated rings. The summed E-state index contributed by atoms with van der Waals surface area (Å²) in [5.74, 6) is 0.913. The molecule has 4 heterocycles. The molecule has 1 aromatic carbocycles. The van der Waals surface area contributed by atoms with Crippen molar-refractivity contribution in [2.24, 2.45) is 7.05 Å². The van der Waals surface area contributed by atoms with E-state index in [0.29, 0.717) is 31.9 Å². The van der Waals surface area contributed by atoms with Gasteiger partial charge in [-0.25, -0.2) is 14.6 Å². The third-order valence-corrected chi connectivity index (χ3v) is 6.51. The summed E-state index contributed by atoms with van der Waals surface area (Å²) in [7, 11) is 1.88. The van der Waals surface area contributed by atoms with Crippen molar-refractivity contribution < 1.29 is 4.79 Å². The first-order chi connectivity index (χ1) is 15.7. The second-order valence-electron chi connectivity index (χ2n) is 8.36. The summed E-state index contributed by atoms with van der Waals surface area (Å²) in [5, 5.41) is 10.0. The number of amides is 1. The number of anilines is 1. The average molecular weight is 429 g/mol. The number of aromatic nitrogens is 6. The van der Waals surface area contributed by atoms with E-state index in [-0.39, 0.29) is 5.91 Å². The third-order valence-electron chi connectivity index (χ3n) is 6.51. The van der Waals surface area contributed by atoms with E-state index in [1.165, 1.54) is 5.69 Å². The summed E-state index contributed by atoms with van der Waals surface area (Å²) in [5.41, 5.74) is 4.74. The van der Waals surface area contributed by atoms with E-state index in [2.05, 4.69) is 20.0 Å². The number of fused-ring (bicyclic) bond motifs is 2. The molecular weight excluding hydrogens is 404 g/mol. The molecule has 162 valence electrons. The molecule has 0 saturated carbocycles. The van der Waals surface area contributed by atoms with Crippen LogP contribution in [0, 0.1) is 0 Å². The number of aryl methyl sites for hydroxylation is 1. The number of para-hydroxylation sites is 1. The Morgan fingerprint density at radius 2 is 1.81 bits per heavy atom. The Hall–Kier alpha value is -3.75. The summed E-state index contributed by atoms with van der Waals surface area (Å²) >= 11 is 0. The van der Waals surface area contributed by atoms with Crippen molar-refractivity contribution in [3.8, 4) is 5.69 Å². The number of piperazine rings is 1. The normalized spacial score (nSPS) is 16.0. The third kappa shape index (κ3) is 2.96. The van der Waals surface area contributed by atoms with E-state index in [9.17, 15) is 4.79 Å². The lowest BCUT2D eigenvalue weighted by molar-refractivity contribution is 0.0739. The van der Waals surface area contributed by atoms with Crippen LogP contribution in [0.3, 0.4) is 0 Å². The van der Waals surface area contributed by atoms with Crippen LogP contribution in [0.15, 0.2) is 42.9 Å². The quantitative estimate of drug-likeness (QED) is 0.496. The van der Waals surface area contributed by atoms with Crippen LogP contribution in [0.4, 0.5) is 5.82 Å². The molecule has 6 rings (SSSR count).